The van der Waals surface area contributed by atoms with Crippen LogP contribution in [-0.2, 0) is 4.74 Å². The summed E-state index contributed by atoms with van der Waals surface area (Å²) < 4.78 is 5.28. The maximum absolute atomic E-state index is 11.9. The molecule has 6 heteroatoms. The van der Waals surface area contributed by atoms with Gasteiger partial charge in [-0.25, -0.2) is 9.59 Å². The molecule has 1 heterocycles. The van der Waals surface area contributed by atoms with Gasteiger partial charge in [-0.2, -0.15) is 0 Å². The molecule has 0 radical (unpaired) electrons. The summed E-state index contributed by atoms with van der Waals surface area (Å²) in [5, 5.41) is 5.18. The van der Waals surface area contributed by atoms with Crippen molar-refractivity contribution in [2.75, 3.05) is 20.1 Å². The van der Waals surface area contributed by atoms with Crippen LogP contribution in [-0.4, -0.2) is 42.8 Å². The lowest BCUT2D eigenvalue weighted by Gasteiger charge is -2.24. The van der Waals surface area contributed by atoms with Crippen LogP contribution in [0.15, 0.2) is 11.3 Å². The van der Waals surface area contributed by atoms with E-state index < -0.39 is 5.60 Å². The minimum absolute atomic E-state index is 0.282. The van der Waals surface area contributed by atoms with E-state index in [0.29, 0.717) is 13.1 Å². The fourth-order valence-corrected chi connectivity index (χ4v) is 1.56. The molecule has 1 rings (SSSR count). The third-order valence-corrected chi connectivity index (χ3v) is 2.44. The van der Waals surface area contributed by atoms with Crippen molar-refractivity contribution in [1.82, 2.24) is 15.5 Å². The second kappa shape index (κ2) is 5.29. The van der Waals surface area contributed by atoms with E-state index in [1.807, 2.05) is 27.7 Å². The van der Waals surface area contributed by atoms with Gasteiger partial charge in [-0.3, -0.25) is 4.90 Å². The topological polar surface area (TPSA) is 70.7 Å². The molecule has 0 unspecified atom stereocenters. The maximum Gasteiger partial charge on any atom is 0.410 e. The van der Waals surface area contributed by atoms with E-state index in [2.05, 4.69) is 10.6 Å². The zero-order valence-corrected chi connectivity index (χ0v) is 11.6. The molecule has 0 saturated carbocycles. The molecule has 2 N–H and O–H groups in total. The summed E-state index contributed by atoms with van der Waals surface area (Å²) in [6.07, 6.45) is -0.365. The van der Waals surface area contributed by atoms with Crippen LogP contribution in [0.4, 0.5) is 9.59 Å². The van der Waals surface area contributed by atoms with Crippen LogP contribution in [0.5, 0.6) is 0 Å². The van der Waals surface area contributed by atoms with E-state index in [1.54, 1.807) is 11.9 Å². The number of ether oxygens (including phenoxy) is 1. The van der Waals surface area contributed by atoms with Gasteiger partial charge < -0.3 is 15.4 Å². The molecule has 0 atom stereocenters. The minimum Gasteiger partial charge on any atom is -0.444 e. The lowest BCUT2D eigenvalue weighted by molar-refractivity contribution is 0.0298. The van der Waals surface area contributed by atoms with Gasteiger partial charge in [0.25, 0.3) is 0 Å². The highest BCUT2D eigenvalue weighted by molar-refractivity contribution is 5.77. The molecule has 1 aliphatic heterocycles. The average Bonchev–Trinajstić information content (AvgIpc) is 2.58. The Kier molecular flexibility index (Phi) is 4.21. The molecule has 0 spiro atoms. The first-order chi connectivity index (χ1) is 8.23. The van der Waals surface area contributed by atoms with Crippen LogP contribution in [0.2, 0.25) is 0 Å². The highest BCUT2D eigenvalue weighted by atomic mass is 16.6. The van der Waals surface area contributed by atoms with Crippen LogP contribution in [0.1, 0.15) is 27.7 Å². The van der Waals surface area contributed by atoms with E-state index in [0.717, 1.165) is 11.3 Å². The molecular formula is C12H21N3O3. The van der Waals surface area contributed by atoms with Gasteiger partial charge in [0.05, 0.1) is 6.54 Å². The molecule has 0 aromatic heterocycles. The van der Waals surface area contributed by atoms with Crippen LogP contribution < -0.4 is 10.6 Å². The summed E-state index contributed by atoms with van der Waals surface area (Å²) in [7, 11) is 1.55. The monoisotopic (exact) mass is 255 g/mol. The Hall–Kier alpha value is -1.72. The summed E-state index contributed by atoms with van der Waals surface area (Å²) >= 11 is 0. The number of nitrogens with one attached hydrogen (secondary N) is 2. The molecule has 6 nitrogen and oxygen atoms in total. The van der Waals surface area contributed by atoms with Crippen molar-refractivity contribution < 1.29 is 14.3 Å². The molecule has 0 fully saturated rings. The number of carbonyl (C=O) groups is 2. The Morgan fingerprint density at radius 1 is 1.28 bits per heavy atom. The zero-order chi connectivity index (χ0) is 13.9. The second-order valence-electron chi connectivity index (χ2n) is 5.30. The van der Waals surface area contributed by atoms with Gasteiger partial charge in [-0.05, 0) is 33.3 Å². The third-order valence-electron chi connectivity index (χ3n) is 2.44. The number of hydrogen-bond acceptors (Lipinski definition) is 3. The molecule has 0 saturated heterocycles. The number of amides is 3. The molecule has 3 amide bonds. The summed E-state index contributed by atoms with van der Waals surface area (Å²) in [5.41, 5.74) is 1.20. The molecule has 18 heavy (non-hydrogen) atoms. The van der Waals surface area contributed by atoms with Gasteiger partial charge in [0.1, 0.15) is 5.60 Å². The van der Waals surface area contributed by atoms with Crippen molar-refractivity contribution in [2.45, 2.75) is 33.3 Å². The number of hydrogen-bond donors (Lipinski definition) is 2. The normalized spacial score (nSPS) is 15.7. The lowest BCUT2D eigenvalue weighted by atomic mass is 10.2. The number of urea groups is 1. The molecular weight excluding hydrogens is 234 g/mol. The van der Waals surface area contributed by atoms with Gasteiger partial charge in [-0.1, -0.05) is 0 Å². The predicted octanol–water partition coefficient (Wildman–Crippen LogP) is 1.44. The van der Waals surface area contributed by atoms with Crippen LogP contribution in [0.25, 0.3) is 0 Å². The van der Waals surface area contributed by atoms with Crippen molar-refractivity contribution in [2.24, 2.45) is 0 Å². The Bertz CT molecular complexity index is 383. The fraction of sp³-hybridized carbons (Fsp3) is 0.667. The van der Waals surface area contributed by atoms with Crippen LogP contribution >= 0.6 is 0 Å². The van der Waals surface area contributed by atoms with Gasteiger partial charge in [0.15, 0.2) is 0 Å². The first-order valence-corrected chi connectivity index (χ1v) is 5.88. The summed E-state index contributed by atoms with van der Waals surface area (Å²) in [5.74, 6) is 0. The summed E-state index contributed by atoms with van der Waals surface area (Å²) in [4.78, 5) is 24.6. The lowest BCUT2D eigenvalue weighted by Crippen LogP contribution is -2.38. The second-order valence-corrected chi connectivity index (χ2v) is 5.30. The van der Waals surface area contributed by atoms with Crippen molar-refractivity contribution in [1.29, 1.82) is 0 Å². The van der Waals surface area contributed by atoms with Crippen molar-refractivity contribution in [3.05, 3.63) is 11.3 Å². The standard InChI is InChI=1S/C12H21N3O3/c1-8-6-15(11(17)18-12(2,3)4)7-9(8)14-10(16)13-5/h6-7H2,1-5H3,(H2,13,14,16). The van der Waals surface area contributed by atoms with Gasteiger partial charge in [0, 0.05) is 19.3 Å². The van der Waals surface area contributed by atoms with Gasteiger partial charge in [0.2, 0.25) is 0 Å². The SMILES string of the molecule is CNC(=O)NC1=C(C)CN(C(=O)OC(C)(C)C)C1. The molecule has 0 aromatic rings. The largest absolute Gasteiger partial charge is 0.444 e. The highest BCUT2D eigenvalue weighted by Crippen LogP contribution is 2.18. The van der Waals surface area contributed by atoms with E-state index in [1.165, 1.54) is 0 Å². The van der Waals surface area contributed by atoms with Crippen LogP contribution in [0, 0.1) is 0 Å². The molecule has 0 aromatic carbocycles. The van der Waals surface area contributed by atoms with Gasteiger partial charge >= 0.3 is 12.1 Å². The average molecular weight is 255 g/mol. The third kappa shape index (κ3) is 3.94. The minimum atomic E-state index is -0.512. The van der Waals surface area contributed by atoms with E-state index in [4.69, 9.17) is 4.74 Å². The van der Waals surface area contributed by atoms with Crippen molar-refractivity contribution >= 4 is 12.1 Å². The predicted molar refractivity (Wildman–Crippen MR) is 68.1 cm³/mol. The fourth-order valence-electron chi connectivity index (χ4n) is 1.56. The van der Waals surface area contributed by atoms with E-state index >= 15 is 0 Å². The number of carbonyl (C=O) groups excluding carboxylic acids is 2. The quantitative estimate of drug-likeness (QED) is 0.744. The zero-order valence-electron chi connectivity index (χ0n) is 11.6. The molecule has 0 aliphatic carbocycles. The van der Waals surface area contributed by atoms with Crippen molar-refractivity contribution in [3.63, 3.8) is 0 Å². The molecule has 1 aliphatic rings. The number of rotatable bonds is 1. The first kappa shape index (κ1) is 14.3. The maximum atomic E-state index is 11.9. The van der Waals surface area contributed by atoms with Gasteiger partial charge in [-0.15, -0.1) is 0 Å². The Morgan fingerprint density at radius 2 is 1.89 bits per heavy atom. The van der Waals surface area contributed by atoms with Crippen LogP contribution in [0.3, 0.4) is 0 Å². The smallest absolute Gasteiger partial charge is 0.410 e. The van der Waals surface area contributed by atoms with E-state index in [9.17, 15) is 9.59 Å². The Labute approximate surface area is 107 Å². The summed E-state index contributed by atoms with van der Waals surface area (Å²) in [6.45, 7) is 8.21. The number of nitrogens with zero attached hydrogens (tertiary/aromatic N) is 1. The molecule has 102 valence electrons. The summed E-state index contributed by atoms with van der Waals surface area (Å²) in [6, 6.07) is -0.282. The Balaban J connectivity index is 2.57. The van der Waals surface area contributed by atoms with E-state index in [-0.39, 0.29) is 12.1 Å². The molecule has 0 bridgehead atoms. The van der Waals surface area contributed by atoms with Crippen molar-refractivity contribution in [3.8, 4) is 0 Å². The Morgan fingerprint density at radius 3 is 2.39 bits per heavy atom. The highest BCUT2D eigenvalue weighted by Gasteiger charge is 2.28. The first-order valence-electron chi connectivity index (χ1n) is 5.88.